The minimum Gasteiger partial charge on any atom is -0.452 e. The van der Waals surface area contributed by atoms with Crippen LogP contribution < -0.4 is 5.32 Å². The van der Waals surface area contributed by atoms with Crippen LogP contribution >= 0.6 is 0 Å². The minimum atomic E-state index is -3.60. The van der Waals surface area contributed by atoms with Gasteiger partial charge in [-0.3, -0.25) is 4.79 Å². The lowest BCUT2D eigenvalue weighted by molar-refractivity contribution is -0.124. The molecule has 0 aliphatic heterocycles. The molecule has 1 amide bonds. The van der Waals surface area contributed by atoms with Crippen LogP contribution in [-0.2, 0) is 26.1 Å². The van der Waals surface area contributed by atoms with Crippen LogP contribution in [0.25, 0.3) is 0 Å². The fourth-order valence-electron chi connectivity index (χ4n) is 2.07. The van der Waals surface area contributed by atoms with Crippen molar-refractivity contribution < 1.29 is 27.1 Å². The molecule has 0 saturated heterocycles. The highest BCUT2D eigenvalue weighted by molar-refractivity contribution is 7.89. The zero-order chi connectivity index (χ0) is 20.0. The van der Waals surface area contributed by atoms with Crippen LogP contribution in [0.2, 0.25) is 0 Å². The van der Waals surface area contributed by atoms with Crippen molar-refractivity contribution in [2.75, 3.05) is 20.7 Å². The van der Waals surface area contributed by atoms with Crippen LogP contribution in [0.5, 0.6) is 0 Å². The van der Waals surface area contributed by atoms with Crippen LogP contribution in [0.4, 0.5) is 4.39 Å². The van der Waals surface area contributed by atoms with Gasteiger partial charge in [0.25, 0.3) is 5.91 Å². The SMILES string of the molecule is CN(C)S(=O)(=O)c1ccc(C(=O)OCC(=O)NCc2ccccc2F)cc1. The Labute approximate surface area is 156 Å². The topological polar surface area (TPSA) is 92.8 Å². The first kappa shape index (κ1) is 20.5. The minimum absolute atomic E-state index is 0.0276. The number of nitrogens with zero attached hydrogens (tertiary/aromatic N) is 1. The first-order valence-corrected chi connectivity index (χ1v) is 9.35. The molecule has 0 bridgehead atoms. The summed E-state index contributed by atoms with van der Waals surface area (Å²) in [6.45, 7) is -0.564. The van der Waals surface area contributed by atoms with Gasteiger partial charge in [-0.25, -0.2) is 21.9 Å². The summed E-state index contributed by atoms with van der Waals surface area (Å²) in [5.74, 6) is -1.80. The van der Waals surface area contributed by atoms with Gasteiger partial charge in [-0.05, 0) is 30.3 Å². The number of rotatable bonds is 7. The van der Waals surface area contributed by atoms with Crippen LogP contribution in [-0.4, -0.2) is 45.3 Å². The molecule has 0 radical (unpaired) electrons. The summed E-state index contributed by atoms with van der Waals surface area (Å²) < 4.78 is 43.3. The summed E-state index contributed by atoms with van der Waals surface area (Å²) in [4.78, 5) is 23.7. The quantitative estimate of drug-likeness (QED) is 0.720. The maximum Gasteiger partial charge on any atom is 0.338 e. The van der Waals surface area contributed by atoms with Gasteiger partial charge in [-0.15, -0.1) is 0 Å². The summed E-state index contributed by atoms with van der Waals surface area (Å²) in [5, 5.41) is 2.45. The van der Waals surface area contributed by atoms with Crippen LogP contribution in [0.3, 0.4) is 0 Å². The smallest absolute Gasteiger partial charge is 0.338 e. The second-order valence-corrected chi connectivity index (χ2v) is 7.91. The van der Waals surface area contributed by atoms with Crippen LogP contribution in [0.1, 0.15) is 15.9 Å². The molecule has 0 aliphatic carbocycles. The lowest BCUT2D eigenvalue weighted by atomic mass is 10.2. The Morgan fingerprint density at radius 1 is 1.07 bits per heavy atom. The third kappa shape index (κ3) is 5.35. The molecule has 2 rings (SSSR count). The number of sulfonamides is 1. The fraction of sp³-hybridized carbons (Fsp3) is 0.222. The van der Waals surface area contributed by atoms with E-state index in [9.17, 15) is 22.4 Å². The Bertz CT molecular complexity index is 927. The van der Waals surface area contributed by atoms with Gasteiger partial charge in [0.05, 0.1) is 10.5 Å². The number of halogens is 1. The van der Waals surface area contributed by atoms with Gasteiger partial charge in [-0.2, -0.15) is 0 Å². The molecule has 0 aliphatic rings. The lowest BCUT2D eigenvalue weighted by Crippen LogP contribution is -2.28. The zero-order valence-electron chi connectivity index (χ0n) is 14.8. The molecule has 0 fully saturated rings. The van der Waals surface area contributed by atoms with Crippen LogP contribution in [0, 0.1) is 5.82 Å². The first-order valence-electron chi connectivity index (χ1n) is 7.91. The zero-order valence-corrected chi connectivity index (χ0v) is 15.6. The highest BCUT2D eigenvalue weighted by atomic mass is 32.2. The number of nitrogens with one attached hydrogen (secondary N) is 1. The summed E-state index contributed by atoms with van der Waals surface area (Å²) in [6.07, 6.45) is 0. The van der Waals surface area contributed by atoms with Gasteiger partial charge in [0.1, 0.15) is 5.82 Å². The second kappa shape index (κ2) is 8.74. The van der Waals surface area contributed by atoms with Gasteiger partial charge in [-0.1, -0.05) is 18.2 Å². The number of amides is 1. The van der Waals surface area contributed by atoms with Crippen molar-refractivity contribution in [1.29, 1.82) is 0 Å². The largest absolute Gasteiger partial charge is 0.452 e. The third-order valence-corrected chi connectivity index (χ3v) is 5.47. The maximum atomic E-state index is 13.5. The number of benzene rings is 2. The molecule has 2 aromatic carbocycles. The van der Waals surface area contributed by atoms with E-state index in [-0.39, 0.29) is 17.0 Å². The van der Waals surface area contributed by atoms with E-state index in [1.807, 2.05) is 0 Å². The second-order valence-electron chi connectivity index (χ2n) is 5.76. The Morgan fingerprint density at radius 2 is 1.70 bits per heavy atom. The van der Waals surface area contributed by atoms with Crippen LogP contribution in [0.15, 0.2) is 53.4 Å². The predicted molar refractivity (Wildman–Crippen MR) is 95.8 cm³/mol. The van der Waals surface area contributed by atoms with E-state index in [0.29, 0.717) is 5.56 Å². The number of hydrogen-bond acceptors (Lipinski definition) is 5. The van der Waals surface area contributed by atoms with E-state index in [0.717, 1.165) is 4.31 Å². The van der Waals surface area contributed by atoms with Crippen molar-refractivity contribution in [1.82, 2.24) is 9.62 Å². The molecule has 0 saturated carbocycles. The van der Waals surface area contributed by atoms with E-state index >= 15 is 0 Å². The van der Waals surface area contributed by atoms with Crippen molar-refractivity contribution in [3.8, 4) is 0 Å². The monoisotopic (exact) mass is 394 g/mol. The van der Waals surface area contributed by atoms with E-state index in [1.165, 1.54) is 56.6 Å². The number of carbonyl (C=O) groups excluding carboxylic acids is 2. The van der Waals surface area contributed by atoms with E-state index in [2.05, 4.69) is 5.32 Å². The molecule has 1 N–H and O–H groups in total. The van der Waals surface area contributed by atoms with Crippen molar-refractivity contribution in [2.24, 2.45) is 0 Å². The summed E-state index contributed by atoms with van der Waals surface area (Å²) in [5.41, 5.74) is 0.421. The normalized spacial score (nSPS) is 11.3. The van der Waals surface area contributed by atoms with Gasteiger partial charge in [0.2, 0.25) is 10.0 Å². The Hall–Kier alpha value is -2.78. The number of hydrogen-bond donors (Lipinski definition) is 1. The summed E-state index contributed by atoms with van der Waals surface area (Å²) in [7, 11) is -0.795. The lowest BCUT2D eigenvalue weighted by Gasteiger charge is -2.11. The van der Waals surface area contributed by atoms with Gasteiger partial charge in [0.15, 0.2) is 6.61 Å². The summed E-state index contributed by atoms with van der Waals surface area (Å²) >= 11 is 0. The molecule has 0 spiro atoms. The molecule has 0 heterocycles. The van der Waals surface area contributed by atoms with E-state index in [1.54, 1.807) is 6.07 Å². The molecule has 144 valence electrons. The number of esters is 1. The molecule has 0 atom stereocenters. The van der Waals surface area contributed by atoms with Crippen molar-refractivity contribution in [2.45, 2.75) is 11.4 Å². The molecule has 0 unspecified atom stereocenters. The third-order valence-electron chi connectivity index (χ3n) is 3.64. The van der Waals surface area contributed by atoms with Gasteiger partial charge >= 0.3 is 5.97 Å². The molecule has 2 aromatic rings. The standard InChI is InChI=1S/C18H19FN2O5S/c1-21(2)27(24,25)15-9-7-13(8-10-15)18(23)26-12-17(22)20-11-14-5-3-4-6-16(14)19/h3-10H,11-12H2,1-2H3,(H,20,22). The molecule has 27 heavy (non-hydrogen) atoms. The average Bonchev–Trinajstić information content (AvgIpc) is 2.65. The van der Waals surface area contributed by atoms with E-state index < -0.39 is 34.3 Å². The highest BCUT2D eigenvalue weighted by Gasteiger charge is 2.18. The van der Waals surface area contributed by atoms with Gasteiger partial charge < -0.3 is 10.1 Å². The first-order chi connectivity index (χ1) is 12.7. The summed E-state index contributed by atoms with van der Waals surface area (Å²) in [6, 6.07) is 11.2. The molecule has 7 nitrogen and oxygen atoms in total. The predicted octanol–water partition coefficient (Wildman–Crippen LogP) is 1.55. The highest BCUT2D eigenvalue weighted by Crippen LogP contribution is 2.14. The Morgan fingerprint density at radius 3 is 2.30 bits per heavy atom. The van der Waals surface area contributed by atoms with Gasteiger partial charge in [0, 0.05) is 26.2 Å². The fourth-order valence-corrected chi connectivity index (χ4v) is 2.98. The number of ether oxygens (including phenoxy) is 1. The Kier molecular flexibility index (Phi) is 6.65. The van der Waals surface area contributed by atoms with E-state index in [4.69, 9.17) is 4.74 Å². The number of carbonyl (C=O) groups is 2. The van der Waals surface area contributed by atoms with Crippen molar-refractivity contribution >= 4 is 21.9 Å². The average molecular weight is 394 g/mol. The Balaban J connectivity index is 1.88. The molecule has 9 heteroatoms. The molecular formula is C18H19FN2O5S. The maximum absolute atomic E-state index is 13.5. The molecular weight excluding hydrogens is 375 g/mol. The molecule has 0 aromatic heterocycles. The van der Waals surface area contributed by atoms with Crippen molar-refractivity contribution in [3.05, 3.63) is 65.5 Å². The van der Waals surface area contributed by atoms with Crippen molar-refractivity contribution in [3.63, 3.8) is 0 Å².